The molecule has 0 heterocycles. The molecule has 0 saturated heterocycles. The van der Waals surface area contributed by atoms with Gasteiger partial charge in [-0.25, -0.2) is 9.59 Å². The Labute approximate surface area is 291 Å². The molecular formula is C34H34Cl2IN3O6. The van der Waals surface area contributed by atoms with Crippen molar-refractivity contribution >= 4 is 75.4 Å². The van der Waals surface area contributed by atoms with E-state index in [-0.39, 0.29) is 16.8 Å². The molecular weight excluding hydrogens is 744 g/mol. The first-order valence-electron chi connectivity index (χ1n) is 14.6. The lowest BCUT2D eigenvalue weighted by molar-refractivity contribution is -0.144. The maximum Gasteiger partial charge on any atom is 0.412 e. The van der Waals surface area contributed by atoms with Crippen LogP contribution in [0.25, 0.3) is 0 Å². The Bertz CT molecular complexity index is 1640. The summed E-state index contributed by atoms with van der Waals surface area (Å²) in [5, 5.41) is 17.0. The molecule has 3 amide bonds. The topological polar surface area (TPSA) is 125 Å². The molecule has 3 aromatic rings. The first-order valence-corrected chi connectivity index (χ1v) is 16.4. The molecule has 0 radical (unpaired) electrons. The fourth-order valence-electron chi connectivity index (χ4n) is 5.07. The Kier molecular flexibility index (Phi) is 11.7. The molecule has 2 unspecified atom stereocenters. The number of benzene rings is 3. The van der Waals surface area contributed by atoms with Gasteiger partial charge in [0.1, 0.15) is 11.6 Å². The van der Waals surface area contributed by atoms with Crippen molar-refractivity contribution in [1.29, 1.82) is 0 Å². The second kappa shape index (κ2) is 15.3. The van der Waals surface area contributed by atoms with E-state index in [1.165, 1.54) is 36.4 Å². The average Bonchev–Trinajstić information content (AvgIpc) is 2.98. The zero-order valence-electron chi connectivity index (χ0n) is 25.5. The maximum atomic E-state index is 14.9. The number of amides is 3. The summed E-state index contributed by atoms with van der Waals surface area (Å²) < 4.78 is 6.05. The van der Waals surface area contributed by atoms with Gasteiger partial charge in [-0.1, -0.05) is 53.5 Å². The Morgan fingerprint density at radius 3 is 1.98 bits per heavy atom. The number of anilines is 1. The van der Waals surface area contributed by atoms with Gasteiger partial charge in [-0.2, -0.15) is 0 Å². The van der Waals surface area contributed by atoms with Crippen molar-refractivity contribution in [3.8, 4) is 0 Å². The molecule has 0 spiro atoms. The lowest BCUT2D eigenvalue weighted by Crippen LogP contribution is -2.47. The van der Waals surface area contributed by atoms with Gasteiger partial charge in [0.25, 0.3) is 11.8 Å². The Morgan fingerprint density at radius 2 is 1.46 bits per heavy atom. The second-order valence-corrected chi connectivity index (χ2v) is 13.9. The van der Waals surface area contributed by atoms with Gasteiger partial charge < -0.3 is 20.1 Å². The van der Waals surface area contributed by atoms with Crippen LogP contribution in [0.15, 0.2) is 78.5 Å². The Morgan fingerprint density at radius 1 is 0.870 bits per heavy atom. The third-order valence-corrected chi connectivity index (χ3v) is 8.24. The highest BCUT2D eigenvalue weighted by Crippen LogP contribution is 2.36. The highest BCUT2D eigenvalue weighted by atomic mass is 127. The van der Waals surface area contributed by atoms with Gasteiger partial charge in [0.2, 0.25) is 0 Å². The van der Waals surface area contributed by atoms with Gasteiger partial charge in [0.05, 0.1) is 11.3 Å². The number of carbonyl (C=O) groups is 4. The van der Waals surface area contributed by atoms with Gasteiger partial charge in [0, 0.05) is 19.3 Å². The molecule has 0 bridgehead atoms. The lowest BCUT2D eigenvalue weighted by Gasteiger charge is -2.36. The zero-order valence-corrected chi connectivity index (χ0v) is 29.2. The number of hydrogen-bond acceptors (Lipinski definition) is 5. The fraction of sp³-hybridized carbons (Fsp3) is 0.294. The highest BCUT2D eigenvalue weighted by molar-refractivity contribution is 14.1. The SMILES string of the molecule is CC(C)(C)OC(=O)Nc1ccc(I)cc1C(=O)N(C(C(=O)O)c1ccc(Cl)cc1)C(C(=O)NC1=CCCCC1)c1ccc(Cl)cc1. The molecule has 242 valence electrons. The molecule has 0 fully saturated rings. The van der Waals surface area contributed by atoms with Crippen molar-refractivity contribution < 1.29 is 29.0 Å². The molecule has 0 saturated carbocycles. The number of nitrogens with one attached hydrogen (secondary N) is 2. The number of aliphatic carboxylic acids is 1. The predicted octanol–water partition coefficient (Wildman–Crippen LogP) is 8.53. The third kappa shape index (κ3) is 9.23. The van der Waals surface area contributed by atoms with Crippen molar-refractivity contribution in [3.63, 3.8) is 0 Å². The molecule has 3 N–H and O–H groups in total. The monoisotopic (exact) mass is 777 g/mol. The van der Waals surface area contributed by atoms with Crippen molar-refractivity contribution in [2.75, 3.05) is 5.32 Å². The minimum absolute atomic E-state index is 0.0402. The second-order valence-electron chi connectivity index (χ2n) is 11.7. The van der Waals surface area contributed by atoms with Gasteiger partial charge in [-0.05, 0) is 123 Å². The zero-order chi connectivity index (χ0) is 33.6. The summed E-state index contributed by atoms with van der Waals surface area (Å²) in [7, 11) is 0. The summed E-state index contributed by atoms with van der Waals surface area (Å²) in [5.74, 6) is -2.80. The van der Waals surface area contributed by atoms with E-state index in [9.17, 15) is 24.3 Å². The van der Waals surface area contributed by atoms with Crippen molar-refractivity contribution in [1.82, 2.24) is 10.2 Å². The molecule has 46 heavy (non-hydrogen) atoms. The number of rotatable bonds is 9. The van der Waals surface area contributed by atoms with Crippen LogP contribution in [-0.4, -0.2) is 39.5 Å². The average molecular weight is 778 g/mol. The standard InChI is InChI=1S/C34H34Cl2IN3O6/c1-34(2,3)46-33(45)39-27-18-17-24(37)19-26(27)31(42)40(29(32(43)44)21-11-15-23(36)16-12-21)28(20-9-13-22(35)14-10-20)30(41)38-25-7-5-4-6-8-25/h7,9-19,28-29H,4-6,8H2,1-3H3,(H,38,41)(H,39,45)(H,43,44). The number of carboxylic acid groups (broad SMARTS) is 1. The van der Waals surface area contributed by atoms with E-state index in [0.29, 0.717) is 31.3 Å². The molecule has 1 aliphatic rings. The number of hydrogen-bond donors (Lipinski definition) is 3. The van der Waals surface area contributed by atoms with Crippen LogP contribution in [0, 0.1) is 3.57 Å². The fourth-order valence-corrected chi connectivity index (χ4v) is 5.81. The third-order valence-electron chi connectivity index (χ3n) is 7.07. The van der Waals surface area contributed by atoms with Gasteiger partial charge in [-0.15, -0.1) is 0 Å². The molecule has 12 heteroatoms. The van der Waals surface area contributed by atoms with E-state index in [1.54, 1.807) is 51.1 Å². The van der Waals surface area contributed by atoms with Crippen LogP contribution in [0.2, 0.25) is 10.0 Å². The summed E-state index contributed by atoms with van der Waals surface area (Å²) in [5.41, 5.74) is 0.456. The van der Waals surface area contributed by atoms with E-state index in [1.807, 2.05) is 28.7 Å². The van der Waals surface area contributed by atoms with E-state index in [0.717, 1.165) is 24.2 Å². The molecule has 0 aromatic heterocycles. The van der Waals surface area contributed by atoms with Crippen LogP contribution in [-0.2, 0) is 14.3 Å². The number of carbonyl (C=O) groups excluding carboxylic acids is 3. The smallest absolute Gasteiger partial charge is 0.412 e. The first kappa shape index (κ1) is 35.2. The van der Waals surface area contributed by atoms with Gasteiger partial charge >= 0.3 is 12.1 Å². The molecule has 2 atom stereocenters. The van der Waals surface area contributed by atoms with Crippen molar-refractivity contribution in [2.45, 2.75) is 64.1 Å². The van der Waals surface area contributed by atoms with E-state index in [4.69, 9.17) is 27.9 Å². The van der Waals surface area contributed by atoms with Crippen LogP contribution < -0.4 is 10.6 Å². The predicted molar refractivity (Wildman–Crippen MR) is 186 cm³/mol. The first-order chi connectivity index (χ1) is 21.7. The lowest BCUT2D eigenvalue weighted by atomic mass is 9.96. The molecule has 3 aromatic carbocycles. The number of ether oxygens (including phenoxy) is 1. The number of halogens is 3. The number of allylic oxidation sites excluding steroid dienone is 2. The van der Waals surface area contributed by atoms with Crippen LogP contribution in [0.5, 0.6) is 0 Å². The summed E-state index contributed by atoms with van der Waals surface area (Å²) in [6.45, 7) is 5.11. The minimum Gasteiger partial charge on any atom is -0.479 e. The Balaban J connectivity index is 1.93. The van der Waals surface area contributed by atoms with Crippen LogP contribution in [0.3, 0.4) is 0 Å². The summed E-state index contributed by atoms with van der Waals surface area (Å²) in [6, 6.07) is 14.0. The largest absolute Gasteiger partial charge is 0.479 e. The Hall–Kier alpha value is -3.61. The molecule has 9 nitrogen and oxygen atoms in total. The summed E-state index contributed by atoms with van der Waals surface area (Å²) in [4.78, 5) is 56.2. The van der Waals surface area contributed by atoms with Crippen LogP contribution in [0.1, 0.15) is 80.0 Å². The van der Waals surface area contributed by atoms with Gasteiger partial charge in [0.15, 0.2) is 6.04 Å². The van der Waals surface area contributed by atoms with E-state index < -0.39 is 41.6 Å². The van der Waals surface area contributed by atoms with Crippen molar-refractivity contribution in [2.24, 2.45) is 0 Å². The number of nitrogens with zero attached hydrogens (tertiary/aromatic N) is 1. The minimum atomic E-state index is -1.65. The molecule has 4 rings (SSSR count). The number of carboxylic acids is 1. The van der Waals surface area contributed by atoms with E-state index in [2.05, 4.69) is 10.6 Å². The summed E-state index contributed by atoms with van der Waals surface area (Å²) in [6.07, 6.45) is 4.41. The normalized spacial score (nSPS) is 14.3. The quantitative estimate of drug-likeness (QED) is 0.187. The van der Waals surface area contributed by atoms with Gasteiger partial charge in [-0.3, -0.25) is 14.9 Å². The molecule has 0 aliphatic heterocycles. The van der Waals surface area contributed by atoms with Crippen LogP contribution >= 0.6 is 45.8 Å². The van der Waals surface area contributed by atoms with Crippen LogP contribution in [0.4, 0.5) is 10.5 Å². The maximum absolute atomic E-state index is 14.9. The molecule has 1 aliphatic carbocycles. The summed E-state index contributed by atoms with van der Waals surface area (Å²) >= 11 is 14.3. The van der Waals surface area contributed by atoms with E-state index >= 15 is 0 Å². The van der Waals surface area contributed by atoms with Crippen molar-refractivity contribution in [3.05, 3.63) is 109 Å². The highest BCUT2D eigenvalue weighted by Gasteiger charge is 2.42.